The normalized spacial score (nSPS) is 18.8. The van der Waals surface area contributed by atoms with Crippen molar-refractivity contribution in [3.05, 3.63) is 22.4 Å². The van der Waals surface area contributed by atoms with Gasteiger partial charge < -0.3 is 9.84 Å². The largest absolute Gasteiger partial charge is 0.379 e. The quantitative estimate of drug-likeness (QED) is 0.782. The standard InChI is InChI=1S/C12H15NO2S/c14-11(12-4-2-10-16-12)3-1-5-13-6-8-15-9-7-13/h2,4,10-11,14H,5-9H2/t11-/m1/s1. The molecule has 0 saturated carbocycles. The van der Waals surface area contributed by atoms with Gasteiger partial charge in [-0.1, -0.05) is 17.9 Å². The summed E-state index contributed by atoms with van der Waals surface area (Å²) in [4.78, 5) is 3.15. The van der Waals surface area contributed by atoms with Crippen molar-refractivity contribution in [2.45, 2.75) is 6.10 Å². The SMILES string of the molecule is O[C@H](C#CCN1CCOCC1)c1cccs1. The van der Waals surface area contributed by atoms with Crippen LogP contribution in [0.3, 0.4) is 0 Å². The molecule has 1 atom stereocenters. The number of hydrogen-bond donors (Lipinski definition) is 1. The van der Waals surface area contributed by atoms with Gasteiger partial charge in [0.1, 0.15) is 6.10 Å². The summed E-state index contributed by atoms with van der Waals surface area (Å²) in [5.41, 5.74) is 0. The van der Waals surface area contributed by atoms with E-state index >= 15 is 0 Å². The van der Waals surface area contributed by atoms with E-state index in [-0.39, 0.29) is 0 Å². The highest BCUT2D eigenvalue weighted by molar-refractivity contribution is 7.10. The first-order valence-corrected chi connectivity index (χ1v) is 6.24. The molecule has 2 rings (SSSR count). The fourth-order valence-corrected chi connectivity index (χ4v) is 2.19. The lowest BCUT2D eigenvalue weighted by molar-refractivity contribution is 0.0443. The summed E-state index contributed by atoms with van der Waals surface area (Å²) in [5.74, 6) is 5.89. The first-order valence-electron chi connectivity index (χ1n) is 5.36. The average molecular weight is 237 g/mol. The van der Waals surface area contributed by atoms with Crippen LogP contribution in [0, 0.1) is 11.8 Å². The van der Waals surface area contributed by atoms with Crippen molar-refractivity contribution in [3.63, 3.8) is 0 Å². The molecule has 0 radical (unpaired) electrons. The third-order valence-corrected chi connectivity index (χ3v) is 3.38. The predicted molar refractivity (Wildman–Crippen MR) is 64.3 cm³/mol. The molecular formula is C12H15NO2S. The summed E-state index contributed by atoms with van der Waals surface area (Å²) in [6.07, 6.45) is -0.638. The molecule has 0 unspecified atom stereocenters. The molecule has 4 heteroatoms. The van der Waals surface area contributed by atoms with Crippen LogP contribution >= 0.6 is 11.3 Å². The lowest BCUT2D eigenvalue weighted by Gasteiger charge is -2.24. The topological polar surface area (TPSA) is 32.7 Å². The number of aliphatic hydroxyl groups is 1. The second-order valence-corrected chi connectivity index (χ2v) is 4.61. The van der Waals surface area contributed by atoms with E-state index in [4.69, 9.17) is 4.74 Å². The summed E-state index contributed by atoms with van der Waals surface area (Å²) < 4.78 is 5.25. The van der Waals surface area contributed by atoms with Crippen molar-refractivity contribution < 1.29 is 9.84 Å². The molecule has 0 amide bonds. The van der Waals surface area contributed by atoms with Gasteiger partial charge in [-0.3, -0.25) is 4.90 Å². The summed E-state index contributed by atoms with van der Waals surface area (Å²) in [6, 6.07) is 3.83. The first kappa shape index (κ1) is 11.6. The molecule has 1 aromatic rings. The van der Waals surface area contributed by atoms with Crippen LogP contribution in [-0.2, 0) is 4.74 Å². The van der Waals surface area contributed by atoms with Crippen LogP contribution in [-0.4, -0.2) is 42.9 Å². The molecule has 0 bridgehead atoms. The van der Waals surface area contributed by atoms with Crippen molar-refractivity contribution in [2.24, 2.45) is 0 Å². The first-order chi connectivity index (χ1) is 7.86. The third-order valence-electron chi connectivity index (χ3n) is 2.46. The van der Waals surface area contributed by atoms with E-state index in [1.54, 1.807) is 0 Å². The molecule has 1 aliphatic heterocycles. The Morgan fingerprint density at radius 2 is 2.31 bits per heavy atom. The molecule has 1 aliphatic rings. The summed E-state index contributed by atoms with van der Waals surface area (Å²) in [7, 11) is 0. The van der Waals surface area contributed by atoms with Gasteiger partial charge >= 0.3 is 0 Å². The molecule has 1 saturated heterocycles. The minimum atomic E-state index is -0.638. The van der Waals surface area contributed by atoms with Crippen LogP contribution in [0.4, 0.5) is 0 Å². The van der Waals surface area contributed by atoms with Crippen molar-refractivity contribution in [1.29, 1.82) is 0 Å². The lowest BCUT2D eigenvalue weighted by Crippen LogP contribution is -2.36. The molecule has 86 valence electrons. The highest BCUT2D eigenvalue weighted by Gasteiger charge is 2.08. The zero-order valence-electron chi connectivity index (χ0n) is 9.06. The molecule has 2 heterocycles. The molecule has 0 aromatic carbocycles. The fourth-order valence-electron chi connectivity index (χ4n) is 1.53. The Morgan fingerprint density at radius 3 is 3.00 bits per heavy atom. The number of morpholine rings is 1. The van der Waals surface area contributed by atoms with Crippen LogP contribution < -0.4 is 0 Å². The number of aliphatic hydroxyl groups excluding tert-OH is 1. The number of hydrogen-bond acceptors (Lipinski definition) is 4. The molecule has 0 spiro atoms. The van der Waals surface area contributed by atoms with Crippen molar-refractivity contribution in [2.75, 3.05) is 32.8 Å². The van der Waals surface area contributed by atoms with E-state index in [2.05, 4.69) is 16.7 Å². The van der Waals surface area contributed by atoms with Gasteiger partial charge in [0.25, 0.3) is 0 Å². The predicted octanol–water partition coefficient (Wildman–Crippen LogP) is 1.12. The summed E-state index contributed by atoms with van der Waals surface area (Å²) in [6.45, 7) is 4.16. The van der Waals surface area contributed by atoms with Gasteiger partial charge in [-0.2, -0.15) is 0 Å². The Bertz CT molecular complexity index is 360. The second kappa shape index (κ2) is 6.02. The molecule has 16 heavy (non-hydrogen) atoms. The van der Waals surface area contributed by atoms with E-state index in [0.717, 1.165) is 31.2 Å². The smallest absolute Gasteiger partial charge is 0.149 e. The Labute approximate surface area is 99.7 Å². The van der Waals surface area contributed by atoms with Crippen LogP contribution in [0.2, 0.25) is 0 Å². The van der Waals surface area contributed by atoms with Gasteiger partial charge in [0.15, 0.2) is 0 Å². The van der Waals surface area contributed by atoms with Crippen molar-refractivity contribution >= 4 is 11.3 Å². The van der Waals surface area contributed by atoms with Gasteiger partial charge in [-0.15, -0.1) is 11.3 Å². The molecular weight excluding hydrogens is 222 g/mol. The van der Waals surface area contributed by atoms with Crippen LogP contribution in [0.15, 0.2) is 17.5 Å². The Kier molecular flexibility index (Phi) is 4.37. The maximum Gasteiger partial charge on any atom is 0.149 e. The lowest BCUT2D eigenvalue weighted by atomic mass is 10.3. The number of thiophene rings is 1. The van der Waals surface area contributed by atoms with Crippen LogP contribution in [0.25, 0.3) is 0 Å². The maximum atomic E-state index is 9.73. The third kappa shape index (κ3) is 3.32. The van der Waals surface area contributed by atoms with E-state index in [0.29, 0.717) is 6.54 Å². The molecule has 3 nitrogen and oxygen atoms in total. The molecule has 1 N–H and O–H groups in total. The van der Waals surface area contributed by atoms with Gasteiger partial charge in [-0.25, -0.2) is 0 Å². The minimum Gasteiger partial charge on any atom is -0.379 e. The van der Waals surface area contributed by atoms with E-state index in [1.807, 2.05) is 17.5 Å². The van der Waals surface area contributed by atoms with E-state index in [9.17, 15) is 5.11 Å². The van der Waals surface area contributed by atoms with Gasteiger partial charge in [-0.05, 0) is 11.4 Å². The summed E-state index contributed by atoms with van der Waals surface area (Å²) in [5, 5.41) is 11.7. The Morgan fingerprint density at radius 1 is 1.50 bits per heavy atom. The molecule has 1 aromatic heterocycles. The average Bonchev–Trinajstić information content (AvgIpc) is 2.84. The van der Waals surface area contributed by atoms with E-state index in [1.165, 1.54) is 11.3 Å². The van der Waals surface area contributed by atoms with Crippen molar-refractivity contribution in [3.8, 4) is 11.8 Å². The molecule has 1 fully saturated rings. The zero-order valence-corrected chi connectivity index (χ0v) is 9.87. The fraction of sp³-hybridized carbons (Fsp3) is 0.500. The van der Waals surface area contributed by atoms with Crippen LogP contribution in [0.1, 0.15) is 11.0 Å². The molecule has 0 aliphatic carbocycles. The highest BCUT2D eigenvalue weighted by atomic mass is 32.1. The number of ether oxygens (including phenoxy) is 1. The second-order valence-electron chi connectivity index (χ2n) is 3.63. The maximum absolute atomic E-state index is 9.73. The number of nitrogens with zero attached hydrogens (tertiary/aromatic N) is 1. The highest BCUT2D eigenvalue weighted by Crippen LogP contribution is 2.17. The number of rotatable bonds is 2. The van der Waals surface area contributed by atoms with Crippen molar-refractivity contribution in [1.82, 2.24) is 4.90 Å². The Hall–Kier alpha value is -0.860. The van der Waals surface area contributed by atoms with Gasteiger partial charge in [0.2, 0.25) is 0 Å². The van der Waals surface area contributed by atoms with E-state index < -0.39 is 6.10 Å². The van der Waals surface area contributed by atoms with Crippen LogP contribution in [0.5, 0.6) is 0 Å². The van der Waals surface area contributed by atoms with Gasteiger partial charge in [0, 0.05) is 18.0 Å². The monoisotopic (exact) mass is 237 g/mol. The van der Waals surface area contributed by atoms with Gasteiger partial charge in [0.05, 0.1) is 19.8 Å². The Balaban J connectivity index is 1.80. The zero-order chi connectivity index (χ0) is 11.2. The summed E-state index contributed by atoms with van der Waals surface area (Å²) >= 11 is 1.53. The minimum absolute atomic E-state index is 0.638.